The van der Waals surface area contributed by atoms with Crippen LogP contribution in [0.15, 0.2) is 10.4 Å². The third kappa shape index (κ3) is 0.494. The first-order chi connectivity index (χ1) is 2.30. The van der Waals surface area contributed by atoms with Gasteiger partial charge < -0.3 is 4.74 Å². The average Bonchev–Trinajstić information content (AvgIpc) is 1.79. The van der Waals surface area contributed by atoms with Crippen LogP contribution in [-0.4, -0.2) is 0 Å². The van der Waals surface area contributed by atoms with Crippen LogP contribution in [0, 0.1) is 0 Å². The summed E-state index contributed by atoms with van der Waals surface area (Å²) in [5.74, 6) is 0. The Morgan fingerprint density at radius 1 is 1.20 bits per heavy atom. The molecule has 0 aromatic carbocycles. The van der Waals surface area contributed by atoms with E-state index in [1.165, 1.54) is 0 Å². The highest BCUT2D eigenvalue weighted by Gasteiger charge is 2.18. The van der Waals surface area contributed by atoms with E-state index in [0.29, 0.717) is 10.4 Å². The molecular formula is C2Cl2O. The summed E-state index contributed by atoms with van der Waals surface area (Å²) in [4.78, 5) is 0. The largest absolute Gasteiger partial charge is 0.423 e. The first-order valence-electron chi connectivity index (χ1n) is 1.04. The molecule has 1 nitrogen and oxygen atoms in total. The van der Waals surface area contributed by atoms with Gasteiger partial charge in [-0.05, 0) is 23.2 Å². The van der Waals surface area contributed by atoms with E-state index in [9.17, 15) is 0 Å². The molecule has 1 heterocycles. The molecule has 28 valence electrons. The van der Waals surface area contributed by atoms with Crippen molar-refractivity contribution in [2.75, 3.05) is 0 Å². The lowest BCUT2D eigenvalue weighted by Crippen LogP contribution is -1.29. The Balaban J connectivity index is 2.59. The van der Waals surface area contributed by atoms with Gasteiger partial charge in [0.25, 0.3) is 0 Å². The van der Waals surface area contributed by atoms with Crippen LogP contribution in [0.2, 0.25) is 0 Å². The zero-order valence-electron chi connectivity index (χ0n) is 2.16. The Hall–Kier alpha value is 0.120. The number of hydrogen-bond acceptors (Lipinski definition) is 1. The summed E-state index contributed by atoms with van der Waals surface area (Å²) >= 11 is 10.1. The Morgan fingerprint density at radius 3 is 1.40 bits per heavy atom. The maximum absolute atomic E-state index is 5.06. The van der Waals surface area contributed by atoms with E-state index < -0.39 is 0 Å². The van der Waals surface area contributed by atoms with Gasteiger partial charge in [-0.3, -0.25) is 0 Å². The molecule has 0 fully saturated rings. The third-order valence-corrected chi connectivity index (χ3v) is 0.886. The van der Waals surface area contributed by atoms with Crippen LogP contribution < -0.4 is 0 Å². The fraction of sp³-hybridized carbons (Fsp3) is 0. The normalized spacial score (nSPS) is 18.8. The van der Waals surface area contributed by atoms with Crippen molar-refractivity contribution in [1.29, 1.82) is 0 Å². The van der Waals surface area contributed by atoms with Gasteiger partial charge in [-0.15, -0.1) is 0 Å². The van der Waals surface area contributed by atoms with Gasteiger partial charge in [-0.25, -0.2) is 0 Å². The second kappa shape index (κ2) is 0.791. The molecule has 5 heavy (non-hydrogen) atoms. The predicted octanol–water partition coefficient (Wildman–Crippen LogP) is 1.62. The van der Waals surface area contributed by atoms with Gasteiger partial charge in [0.15, 0.2) is 0 Å². The summed E-state index contributed by atoms with van der Waals surface area (Å²) in [6.45, 7) is 0. The number of ether oxygens (including phenoxy) is 1. The highest BCUT2D eigenvalue weighted by molar-refractivity contribution is 6.41. The van der Waals surface area contributed by atoms with E-state index in [1.807, 2.05) is 0 Å². The lowest BCUT2D eigenvalue weighted by Gasteiger charge is -1.53. The zero-order valence-corrected chi connectivity index (χ0v) is 3.68. The van der Waals surface area contributed by atoms with Gasteiger partial charge in [-0.2, -0.15) is 0 Å². The van der Waals surface area contributed by atoms with Gasteiger partial charge >= 0.3 is 0 Å². The van der Waals surface area contributed by atoms with Crippen LogP contribution in [0.25, 0.3) is 0 Å². The van der Waals surface area contributed by atoms with E-state index in [-0.39, 0.29) is 0 Å². The van der Waals surface area contributed by atoms with Crippen molar-refractivity contribution in [2.24, 2.45) is 0 Å². The standard InChI is InChI=1S/C2Cl2O/c3-1-2(4)5-1. The fourth-order valence-electron chi connectivity index (χ4n) is 0.0532. The zero-order chi connectivity index (χ0) is 3.86. The van der Waals surface area contributed by atoms with Crippen molar-refractivity contribution in [3.05, 3.63) is 10.4 Å². The van der Waals surface area contributed by atoms with E-state index in [4.69, 9.17) is 23.2 Å². The van der Waals surface area contributed by atoms with Crippen molar-refractivity contribution in [3.63, 3.8) is 0 Å². The van der Waals surface area contributed by atoms with Crippen LogP contribution in [0.4, 0.5) is 0 Å². The minimum atomic E-state index is 0.326. The maximum atomic E-state index is 5.06. The van der Waals surface area contributed by atoms with Crippen LogP contribution in [-0.2, 0) is 4.74 Å². The number of halogens is 2. The molecule has 0 aliphatic carbocycles. The van der Waals surface area contributed by atoms with Crippen molar-refractivity contribution in [2.45, 2.75) is 0 Å². The lowest BCUT2D eigenvalue weighted by atomic mass is 11.3. The second-order valence-corrected chi connectivity index (χ2v) is 1.34. The molecule has 1 aliphatic heterocycles. The van der Waals surface area contributed by atoms with Crippen LogP contribution >= 0.6 is 23.2 Å². The topological polar surface area (TPSA) is 12.5 Å². The molecule has 0 amide bonds. The Morgan fingerprint density at radius 2 is 1.40 bits per heavy atom. The molecule has 0 saturated carbocycles. The summed E-state index contributed by atoms with van der Waals surface area (Å²) in [6, 6.07) is 0. The van der Waals surface area contributed by atoms with Crippen molar-refractivity contribution >= 4 is 23.2 Å². The van der Waals surface area contributed by atoms with E-state index in [1.54, 1.807) is 0 Å². The monoisotopic (exact) mass is 110 g/mol. The first-order valence-corrected chi connectivity index (χ1v) is 1.79. The van der Waals surface area contributed by atoms with E-state index >= 15 is 0 Å². The van der Waals surface area contributed by atoms with Gasteiger partial charge in [-0.1, -0.05) is 0 Å². The van der Waals surface area contributed by atoms with Crippen LogP contribution in [0.3, 0.4) is 0 Å². The smallest absolute Gasteiger partial charge is 0.250 e. The molecule has 1 aliphatic rings. The third-order valence-electron chi connectivity index (χ3n) is 0.292. The van der Waals surface area contributed by atoms with E-state index in [2.05, 4.69) is 4.74 Å². The molecule has 0 bridgehead atoms. The highest BCUT2D eigenvalue weighted by Crippen LogP contribution is 2.32. The summed E-state index contributed by atoms with van der Waals surface area (Å²) in [5, 5.41) is 0.651. The van der Waals surface area contributed by atoms with Crippen LogP contribution in [0.5, 0.6) is 0 Å². The van der Waals surface area contributed by atoms with Gasteiger partial charge in [0.2, 0.25) is 10.4 Å². The van der Waals surface area contributed by atoms with E-state index in [0.717, 1.165) is 0 Å². The van der Waals surface area contributed by atoms with Gasteiger partial charge in [0.1, 0.15) is 0 Å². The lowest BCUT2D eigenvalue weighted by molar-refractivity contribution is 0.516. The van der Waals surface area contributed by atoms with Gasteiger partial charge in [0, 0.05) is 0 Å². The summed E-state index contributed by atoms with van der Waals surface area (Å²) in [7, 11) is 0. The molecule has 0 radical (unpaired) electrons. The molecule has 0 spiro atoms. The summed E-state index contributed by atoms with van der Waals surface area (Å²) < 4.78 is 4.28. The molecule has 0 N–H and O–H groups in total. The Kier molecular flexibility index (Phi) is 0.525. The summed E-state index contributed by atoms with van der Waals surface area (Å²) in [5.41, 5.74) is 0. The maximum Gasteiger partial charge on any atom is 0.250 e. The molecule has 0 aromatic heterocycles. The number of hydrogen-bond donors (Lipinski definition) is 0. The number of rotatable bonds is 0. The quantitative estimate of drug-likeness (QED) is 0.462. The highest BCUT2D eigenvalue weighted by atomic mass is 35.5. The first kappa shape index (κ1) is 3.32. The molecule has 3 heteroatoms. The predicted molar refractivity (Wildman–Crippen MR) is 19.8 cm³/mol. The Bertz CT molecular complexity index is 75.6. The van der Waals surface area contributed by atoms with Crippen molar-refractivity contribution in [3.8, 4) is 0 Å². The fourth-order valence-corrected chi connectivity index (χ4v) is 0.247. The second-order valence-electron chi connectivity index (χ2n) is 0.649. The molecule has 0 saturated heterocycles. The molecule has 0 aromatic rings. The minimum absolute atomic E-state index is 0.326. The van der Waals surface area contributed by atoms with Gasteiger partial charge in [0.05, 0.1) is 0 Å². The Labute approximate surface area is 39.1 Å². The molecule has 0 unspecified atom stereocenters. The molecule has 0 atom stereocenters. The molecular weight excluding hydrogens is 111 g/mol. The van der Waals surface area contributed by atoms with Crippen molar-refractivity contribution in [1.82, 2.24) is 0 Å². The van der Waals surface area contributed by atoms with Crippen molar-refractivity contribution < 1.29 is 4.74 Å². The average molecular weight is 111 g/mol. The van der Waals surface area contributed by atoms with Crippen LogP contribution in [0.1, 0.15) is 0 Å². The summed E-state index contributed by atoms with van der Waals surface area (Å²) in [6.07, 6.45) is 0. The SMILES string of the molecule is ClC1=C(Cl)O1. The molecule has 1 rings (SSSR count). The minimum Gasteiger partial charge on any atom is -0.423 e.